The van der Waals surface area contributed by atoms with Crippen LogP contribution in [0.4, 0.5) is 16.2 Å². The number of hydrogen-bond donors (Lipinski definition) is 1. The van der Waals surface area contributed by atoms with Crippen molar-refractivity contribution >= 4 is 23.4 Å². The number of anilines is 2. The fourth-order valence-electron chi connectivity index (χ4n) is 2.52. The number of nitrogens with zero attached hydrogens (tertiary/aromatic N) is 1. The summed E-state index contributed by atoms with van der Waals surface area (Å²) in [6.07, 6.45) is -0.524. The minimum absolute atomic E-state index is 0.111. The molecular weight excluding hydrogens is 340 g/mol. The Morgan fingerprint density at radius 3 is 2.22 bits per heavy atom. The first kappa shape index (κ1) is 20.5. The van der Waals surface area contributed by atoms with Gasteiger partial charge in [-0.2, -0.15) is 0 Å². The van der Waals surface area contributed by atoms with E-state index >= 15 is 0 Å². The fraction of sp³-hybridized carbons (Fsp3) is 0.364. The van der Waals surface area contributed by atoms with Gasteiger partial charge in [-0.15, -0.1) is 0 Å². The third-order valence-corrected chi connectivity index (χ3v) is 4.01. The van der Waals surface area contributed by atoms with E-state index in [1.165, 1.54) is 5.56 Å². The standard InChI is InChI=1S/C22H28N2O3/c1-15(2)17-8-7-9-19(14-17)24(6)20(25)16-10-12-18(13-11-16)23-21(26)27-22(3,4)5/h7-15H,1-6H3,(H,23,26). The molecule has 2 rings (SSSR count). The van der Waals surface area contributed by atoms with Gasteiger partial charge < -0.3 is 9.64 Å². The second-order valence-electron chi connectivity index (χ2n) is 7.82. The number of benzene rings is 2. The Bertz CT molecular complexity index is 805. The monoisotopic (exact) mass is 368 g/mol. The van der Waals surface area contributed by atoms with E-state index in [0.717, 1.165) is 5.69 Å². The van der Waals surface area contributed by atoms with Gasteiger partial charge in [-0.1, -0.05) is 26.0 Å². The van der Waals surface area contributed by atoms with Gasteiger partial charge >= 0.3 is 6.09 Å². The minimum Gasteiger partial charge on any atom is -0.444 e. The molecule has 0 heterocycles. The van der Waals surface area contributed by atoms with Crippen LogP contribution in [0.2, 0.25) is 0 Å². The summed E-state index contributed by atoms with van der Waals surface area (Å²) in [6, 6.07) is 14.7. The van der Waals surface area contributed by atoms with Crippen LogP contribution < -0.4 is 10.2 Å². The third-order valence-electron chi connectivity index (χ3n) is 4.01. The molecule has 2 aromatic rings. The minimum atomic E-state index is -0.562. The summed E-state index contributed by atoms with van der Waals surface area (Å²) in [5.74, 6) is 0.284. The topological polar surface area (TPSA) is 58.6 Å². The van der Waals surface area contributed by atoms with Crippen molar-refractivity contribution < 1.29 is 14.3 Å². The lowest BCUT2D eigenvalue weighted by atomic mass is 10.0. The van der Waals surface area contributed by atoms with Crippen LogP contribution in [0.3, 0.4) is 0 Å². The lowest BCUT2D eigenvalue weighted by Gasteiger charge is -2.20. The molecule has 1 N–H and O–H groups in total. The van der Waals surface area contributed by atoms with Crippen LogP contribution in [0.15, 0.2) is 48.5 Å². The summed E-state index contributed by atoms with van der Waals surface area (Å²) in [7, 11) is 1.76. The Kier molecular flexibility index (Phi) is 6.26. The molecule has 0 radical (unpaired) electrons. The van der Waals surface area contributed by atoms with Crippen molar-refractivity contribution in [2.24, 2.45) is 0 Å². The Balaban J connectivity index is 2.09. The van der Waals surface area contributed by atoms with Crippen molar-refractivity contribution in [1.29, 1.82) is 0 Å². The van der Waals surface area contributed by atoms with Crippen LogP contribution >= 0.6 is 0 Å². The van der Waals surface area contributed by atoms with Crippen molar-refractivity contribution in [3.8, 4) is 0 Å². The van der Waals surface area contributed by atoms with Crippen LogP contribution in [-0.4, -0.2) is 24.6 Å². The first-order chi connectivity index (χ1) is 12.6. The van der Waals surface area contributed by atoms with E-state index in [9.17, 15) is 9.59 Å². The molecule has 0 bridgehead atoms. The largest absolute Gasteiger partial charge is 0.444 e. The SMILES string of the molecule is CC(C)c1cccc(N(C)C(=O)c2ccc(NC(=O)OC(C)(C)C)cc2)c1. The quantitative estimate of drug-likeness (QED) is 0.782. The van der Waals surface area contributed by atoms with Gasteiger partial charge in [-0.3, -0.25) is 10.1 Å². The van der Waals surface area contributed by atoms with Gasteiger partial charge in [0.25, 0.3) is 5.91 Å². The first-order valence-electron chi connectivity index (χ1n) is 9.05. The van der Waals surface area contributed by atoms with E-state index in [0.29, 0.717) is 17.2 Å². The number of ether oxygens (including phenoxy) is 1. The zero-order valence-electron chi connectivity index (χ0n) is 16.9. The van der Waals surface area contributed by atoms with Crippen LogP contribution in [0.1, 0.15) is 56.5 Å². The maximum absolute atomic E-state index is 12.8. The van der Waals surface area contributed by atoms with Crippen LogP contribution in [-0.2, 0) is 4.74 Å². The second-order valence-corrected chi connectivity index (χ2v) is 7.82. The van der Waals surface area contributed by atoms with Crippen molar-refractivity contribution in [2.45, 2.75) is 46.1 Å². The molecule has 0 spiro atoms. The number of carbonyl (C=O) groups is 2. The van der Waals surface area contributed by atoms with Crippen molar-refractivity contribution in [1.82, 2.24) is 0 Å². The summed E-state index contributed by atoms with van der Waals surface area (Å²) < 4.78 is 5.22. The van der Waals surface area contributed by atoms with E-state index in [2.05, 4.69) is 25.2 Å². The Hall–Kier alpha value is -2.82. The molecule has 0 saturated carbocycles. The number of amides is 2. The molecule has 0 saturated heterocycles. The summed E-state index contributed by atoms with van der Waals surface area (Å²) in [5.41, 5.74) is 2.59. The van der Waals surface area contributed by atoms with Gasteiger partial charge in [0.1, 0.15) is 5.60 Å². The molecule has 2 aromatic carbocycles. The lowest BCUT2D eigenvalue weighted by Crippen LogP contribution is -2.27. The molecule has 27 heavy (non-hydrogen) atoms. The normalized spacial score (nSPS) is 11.2. The molecule has 0 aliphatic carbocycles. The highest BCUT2D eigenvalue weighted by atomic mass is 16.6. The van der Waals surface area contributed by atoms with Crippen molar-refractivity contribution in [3.05, 3.63) is 59.7 Å². The Labute approximate surface area is 161 Å². The highest BCUT2D eigenvalue weighted by molar-refractivity contribution is 6.06. The van der Waals surface area contributed by atoms with E-state index in [1.807, 2.05) is 18.2 Å². The maximum Gasteiger partial charge on any atom is 0.412 e. The van der Waals surface area contributed by atoms with E-state index < -0.39 is 11.7 Å². The molecule has 0 unspecified atom stereocenters. The predicted octanol–water partition coefficient (Wildman–Crippen LogP) is 5.43. The van der Waals surface area contributed by atoms with Gasteiger partial charge in [0.05, 0.1) is 0 Å². The third kappa shape index (κ3) is 5.84. The van der Waals surface area contributed by atoms with Gasteiger partial charge in [-0.25, -0.2) is 4.79 Å². The molecule has 5 nitrogen and oxygen atoms in total. The second kappa shape index (κ2) is 8.25. The molecule has 0 fully saturated rings. The highest BCUT2D eigenvalue weighted by Gasteiger charge is 2.17. The Morgan fingerprint density at radius 1 is 1.04 bits per heavy atom. The zero-order valence-corrected chi connectivity index (χ0v) is 16.9. The zero-order chi connectivity index (χ0) is 20.2. The summed E-state index contributed by atoms with van der Waals surface area (Å²) in [5, 5.41) is 2.66. The van der Waals surface area contributed by atoms with Crippen LogP contribution in [0.5, 0.6) is 0 Å². The smallest absolute Gasteiger partial charge is 0.412 e. The number of hydrogen-bond acceptors (Lipinski definition) is 3. The van der Waals surface area contributed by atoms with Gasteiger partial charge in [0, 0.05) is 24.0 Å². The highest BCUT2D eigenvalue weighted by Crippen LogP contribution is 2.22. The maximum atomic E-state index is 12.8. The van der Waals surface area contributed by atoms with E-state index in [-0.39, 0.29) is 5.91 Å². The lowest BCUT2D eigenvalue weighted by molar-refractivity contribution is 0.0636. The molecule has 144 valence electrons. The van der Waals surface area contributed by atoms with Gasteiger partial charge in [0.2, 0.25) is 0 Å². The van der Waals surface area contributed by atoms with Crippen molar-refractivity contribution in [3.63, 3.8) is 0 Å². The Morgan fingerprint density at radius 2 is 1.67 bits per heavy atom. The molecular formula is C22H28N2O3. The summed E-state index contributed by atoms with van der Waals surface area (Å²) in [4.78, 5) is 26.2. The number of carbonyl (C=O) groups excluding carboxylic acids is 2. The molecule has 0 aliphatic heterocycles. The number of rotatable bonds is 4. The fourth-order valence-corrected chi connectivity index (χ4v) is 2.52. The van der Waals surface area contributed by atoms with Gasteiger partial charge in [0.15, 0.2) is 0 Å². The summed E-state index contributed by atoms with van der Waals surface area (Å²) in [6.45, 7) is 9.66. The van der Waals surface area contributed by atoms with Gasteiger partial charge in [-0.05, 0) is 68.7 Å². The average Bonchev–Trinajstić information content (AvgIpc) is 2.59. The summed E-state index contributed by atoms with van der Waals surface area (Å²) >= 11 is 0. The molecule has 5 heteroatoms. The first-order valence-corrected chi connectivity index (χ1v) is 9.05. The predicted molar refractivity (Wildman–Crippen MR) is 110 cm³/mol. The van der Waals surface area contributed by atoms with Crippen LogP contribution in [0.25, 0.3) is 0 Å². The molecule has 0 aromatic heterocycles. The average molecular weight is 368 g/mol. The van der Waals surface area contributed by atoms with Crippen LogP contribution in [0, 0.1) is 0 Å². The van der Waals surface area contributed by atoms with Crippen molar-refractivity contribution in [2.75, 3.05) is 17.3 Å². The van der Waals surface area contributed by atoms with E-state index in [1.54, 1.807) is 57.0 Å². The number of nitrogens with one attached hydrogen (secondary N) is 1. The molecule has 0 atom stereocenters. The molecule has 0 aliphatic rings. The molecule has 2 amide bonds. The van der Waals surface area contributed by atoms with E-state index in [4.69, 9.17) is 4.74 Å².